The number of hydrogen-bond acceptors (Lipinski definition) is 7. The van der Waals surface area contributed by atoms with Gasteiger partial charge in [0.1, 0.15) is 16.3 Å². The largest absolute Gasteiger partial charge is 0.322 e. The Bertz CT molecular complexity index is 1330. The van der Waals surface area contributed by atoms with E-state index in [9.17, 15) is 19.7 Å². The van der Waals surface area contributed by atoms with Crippen molar-refractivity contribution in [1.29, 1.82) is 0 Å². The number of aryl methyl sites for hydroxylation is 4. The summed E-state index contributed by atoms with van der Waals surface area (Å²) in [5, 5.41) is 15.9. The lowest BCUT2D eigenvalue weighted by molar-refractivity contribution is -0.385. The van der Waals surface area contributed by atoms with Gasteiger partial charge in [0.05, 0.1) is 10.3 Å². The monoisotopic (exact) mass is 458 g/mol. The van der Waals surface area contributed by atoms with Crippen LogP contribution in [0.2, 0.25) is 0 Å². The third-order valence-electron chi connectivity index (χ3n) is 6.28. The minimum absolute atomic E-state index is 0.126. The molecular weight excluding hydrogens is 432 g/mol. The second-order valence-corrected chi connectivity index (χ2v) is 10.5. The molecule has 32 heavy (non-hydrogen) atoms. The van der Waals surface area contributed by atoms with Gasteiger partial charge in [-0.15, -0.1) is 11.3 Å². The molecule has 11 heteroatoms. The fourth-order valence-corrected chi connectivity index (χ4v) is 5.81. The molecule has 4 rings (SSSR count). The van der Waals surface area contributed by atoms with Gasteiger partial charge < -0.3 is 0 Å². The quantitative estimate of drug-likeness (QED) is 0.474. The summed E-state index contributed by atoms with van der Waals surface area (Å²) in [6, 6.07) is 0. The molecule has 3 aromatic heterocycles. The topological polar surface area (TPSA) is 125 Å². The lowest BCUT2D eigenvalue weighted by atomic mass is 9.72. The normalized spacial score (nSPS) is 16.2. The van der Waals surface area contributed by atoms with E-state index in [0.717, 1.165) is 34.2 Å². The molecule has 0 aliphatic heterocycles. The summed E-state index contributed by atoms with van der Waals surface area (Å²) < 4.78 is 2.23. The number of aromatic nitrogens is 4. The fraction of sp³-hybridized carbons (Fsp3) is 0.524. The van der Waals surface area contributed by atoms with Crippen molar-refractivity contribution in [2.24, 2.45) is 18.4 Å². The first-order valence-electron chi connectivity index (χ1n) is 10.4. The van der Waals surface area contributed by atoms with Crippen molar-refractivity contribution in [3.8, 4) is 0 Å². The molecule has 1 aliphatic rings. The van der Waals surface area contributed by atoms with E-state index in [0.29, 0.717) is 22.0 Å². The third kappa shape index (κ3) is 3.50. The van der Waals surface area contributed by atoms with E-state index in [1.165, 1.54) is 18.8 Å². The van der Waals surface area contributed by atoms with Gasteiger partial charge in [0, 0.05) is 11.9 Å². The number of amides is 1. The maximum atomic E-state index is 13.4. The van der Waals surface area contributed by atoms with Crippen LogP contribution in [0, 0.1) is 35.3 Å². The molecule has 1 N–H and O–H groups in total. The lowest BCUT2D eigenvalue weighted by Crippen LogP contribution is -2.36. The van der Waals surface area contributed by atoms with Gasteiger partial charge in [-0.3, -0.25) is 29.8 Å². The van der Waals surface area contributed by atoms with Crippen molar-refractivity contribution < 1.29 is 9.72 Å². The van der Waals surface area contributed by atoms with E-state index >= 15 is 0 Å². The van der Waals surface area contributed by atoms with E-state index in [1.807, 2.05) is 0 Å². The Labute approximate surface area is 188 Å². The molecule has 0 radical (unpaired) electrons. The Hall–Kier alpha value is -3.08. The molecule has 0 fully saturated rings. The van der Waals surface area contributed by atoms with E-state index in [4.69, 9.17) is 0 Å². The molecule has 0 spiro atoms. The average Bonchev–Trinajstić information content (AvgIpc) is 3.19. The van der Waals surface area contributed by atoms with Crippen molar-refractivity contribution >= 4 is 33.1 Å². The predicted octanol–water partition coefficient (Wildman–Crippen LogP) is 3.25. The number of nitro groups is 1. The number of thiophene rings is 1. The number of rotatable bonds is 3. The van der Waals surface area contributed by atoms with Crippen molar-refractivity contribution in [3.63, 3.8) is 0 Å². The summed E-state index contributed by atoms with van der Waals surface area (Å²) in [6.07, 6.45) is 2.69. The van der Waals surface area contributed by atoms with Crippen molar-refractivity contribution in [2.45, 2.75) is 53.9 Å². The molecule has 1 amide bonds. The van der Waals surface area contributed by atoms with Crippen LogP contribution in [0.4, 0.5) is 5.69 Å². The third-order valence-corrected chi connectivity index (χ3v) is 7.43. The molecule has 0 saturated heterocycles. The Morgan fingerprint density at radius 3 is 2.62 bits per heavy atom. The van der Waals surface area contributed by atoms with Gasteiger partial charge in [-0.25, -0.2) is 9.66 Å². The van der Waals surface area contributed by atoms with Crippen LogP contribution < -0.4 is 11.0 Å². The van der Waals surface area contributed by atoms with Crippen LogP contribution in [0.1, 0.15) is 59.6 Å². The van der Waals surface area contributed by atoms with Crippen molar-refractivity contribution in [2.75, 3.05) is 5.43 Å². The van der Waals surface area contributed by atoms with Crippen LogP contribution in [-0.4, -0.2) is 30.3 Å². The average molecular weight is 459 g/mol. The number of carbonyl (C=O) groups excluding carboxylic acids is 1. The highest BCUT2D eigenvalue weighted by molar-refractivity contribution is 7.18. The van der Waals surface area contributed by atoms with Crippen molar-refractivity contribution in [3.05, 3.63) is 48.1 Å². The van der Waals surface area contributed by atoms with E-state index in [-0.39, 0.29) is 28.0 Å². The maximum absolute atomic E-state index is 13.4. The SMILES string of the molecule is Cc1nn(C)c(C(=O)Nn2c(C)nc3sc4c(c3c2=O)CC[C@@H](C(C)(C)C)C4)c1[N+](=O)[O-]. The first-order valence-corrected chi connectivity index (χ1v) is 11.2. The molecule has 3 heterocycles. The standard InChI is InChI=1S/C21H26N6O4S/c1-10-16(27(30)31)17(25(6)23-10)18(28)24-26-11(2)22-19-15(20(26)29)13-8-7-12(21(3,4)5)9-14(13)32-19/h12H,7-9H2,1-6H3,(H,24,28)/t12-/m1/s1. The van der Waals surface area contributed by atoms with Crippen LogP contribution in [0.15, 0.2) is 4.79 Å². The summed E-state index contributed by atoms with van der Waals surface area (Å²) in [7, 11) is 1.45. The van der Waals surface area contributed by atoms with Crippen LogP contribution in [0.3, 0.4) is 0 Å². The van der Waals surface area contributed by atoms with Crippen LogP contribution >= 0.6 is 11.3 Å². The Kier molecular flexibility index (Phi) is 5.19. The zero-order valence-corrected chi connectivity index (χ0v) is 19.8. The smallest absolute Gasteiger partial charge is 0.267 e. The van der Waals surface area contributed by atoms with Gasteiger partial charge in [0.2, 0.25) is 5.69 Å². The first-order chi connectivity index (χ1) is 14.9. The zero-order valence-electron chi connectivity index (χ0n) is 19.0. The highest BCUT2D eigenvalue weighted by atomic mass is 32.1. The van der Waals surface area contributed by atoms with Gasteiger partial charge in [-0.05, 0) is 50.0 Å². The molecule has 3 aromatic rings. The Balaban J connectivity index is 1.77. The minimum atomic E-state index is -0.789. The van der Waals surface area contributed by atoms with Crippen LogP contribution in [0.5, 0.6) is 0 Å². The lowest BCUT2D eigenvalue weighted by Gasteiger charge is -2.33. The Morgan fingerprint density at radius 2 is 2.00 bits per heavy atom. The fourth-order valence-electron chi connectivity index (χ4n) is 4.47. The van der Waals surface area contributed by atoms with Crippen LogP contribution in [-0.2, 0) is 19.9 Å². The first kappa shape index (κ1) is 22.1. The van der Waals surface area contributed by atoms with Crippen LogP contribution in [0.25, 0.3) is 10.2 Å². The van der Waals surface area contributed by atoms with Crippen molar-refractivity contribution in [1.82, 2.24) is 19.4 Å². The van der Waals surface area contributed by atoms with E-state index in [2.05, 4.69) is 36.3 Å². The number of nitrogens with zero attached hydrogens (tertiary/aromatic N) is 5. The van der Waals surface area contributed by atoms with Gasteiger partial charge in [0.25, 0.3) is 11.5 Å². The summed E-state index contributed by atoms with van der Waals surface area (Å²) >= 11 is 1.54. The summed E-state index contributed by atoms with van der Waals surface area (Å²) in [6.45, 7) is 9.80. The summed E-state index contributed by atoms with van der Waals surface area (Å²) in [4.78, 5) is 43.5. The molecule has 10 nitrogen and oxygen atoms in total. The molecule has 1 aliphatic carbocycles. The number of hydrogen-bond donors (Lipinski definition) is 1. The number of nitrogens with one attached hydrogen (secondary N) is 1. The molecule has 0 bridgehead atoms. The highest BCUT2D eigenvalue weighted by Crippen LogP contribution is 2.42. The second kappa shape index (κ2) is 7.51. The van der Waals surface area contributed by atoms with E-state index in [1.54, 1.807) is 18.3 Å². The van der Waals surface area contributed by atoms with E-state index < -0.39 is 10.8 Å². The summed E-state index contributed by atoms with van der Waals surface area (Å²) in [5.41, 5.74) is 2.85. The number of fused-ring (bicyclic) bond motifs is 3. The van der Waals surface area contributed by atoms with Gasteiger partial charge in [0.15, 0.2) is 0 Å². The van der Waals surface area contributed by atoms with Gasteiger partial charge in [-0.2, -0.15) is 5.10 Å². The minimum Gasteiger partial charge on any atom is -0.267 e. The maximum Gasteiger partial charge on any atom is 0.322 e. The number of carbonyl (C=O) groups is 1. The molecule has 0 aromatic carbocycles. The van der Waals surface area contributed by atoms with Gasteiger partial charge >= 0.3 is 5.69 Å². The molecular formula is C21H26N6O4S. The molecule has 170 valence electrons. The molecule has 0 unspecified atom stereocenters. The molecule has 1 atom stereocenters. The highest BCUT2D eigenvalue weighted by Gasteiger charge is 2.33. The molecule has 0 saturated carbocycles. The summed E-state index contributed by atoms with van der Waals surface area (Å²) in [5.74, 6) is 0.0473. The predicted molar refractivity (Wildman–Crippen MR) is 122 cm³/mol. The van der Waals surface area contributed by atoms with Gasteiger partial charge in [-0.1, -0.05) is 20.8 Å². The Morgan fingerprint density at radius 1 is 1.31 bits per heavy atom. The second-order valence-electron chi connectivity index (χ2n) is 9.39. The zero-order chi connectivity index (χ0) is 23.5.